The van der Waals surface area contributed by atoms with Crippen molar-refractivity contribution in [3.63, 3.8) is 0 Å². The maximum absolute atomic E-state index is 13.0. The number of aromatic amines is 1. The van der Waals surface area contributed by atoms with Crippen molar-refractivity contribution in [1.29, 1.82) is 0 Å². The van der Waals surface area contributed by atoms with Gasteiger partial charge >= 0.3 is 6.18 Å². The van der Waals surface area contributed by atoms with Crippen LogP contribution in [-0.2, 0) is 4.79 Å². The van der Waals surface area contributed by atoms with Crippen LogP contribution in [-0.4, -0.2) is 22.3 Å². The molecule has 1 aliphatic carbocycles. The lowest BCUT2D eigenvalue weighted by atomic mass is 9.78. The fourth-order valence-electron chi connectivity index (χ4n) is 2.75. The van der Waals surface area contributed by atoms with E-state index in [2.05, 4.69) is 15.5 Å². The molecule has 1 aliphatic rings. The van der Waals surface area contributed by atoms with Crippen molar-refractivity contribution in [2.24, 2.45) is 11.8 Å². The fourth-order valence-corrected chi connectivity index (χ4v) is 2.75. The highest BCUT2D eigenvalue weighted by molar-refractivity contribution is 5.92. The third-order valence-electron chi connectivity index (χ3n) is 3.99. The lowest BCUT2D eigenvalue weighted by Crippen LogP contribution is -2.39. The van der Waals surface area contributed by atoms with Gasteiger partial charge in [-0.15, -0.1) is 0 Å². The van der Waals surface area contributed by atoms with Crippen molar-refractivity contribution in [1.82, 2.24) is 10.2 Å². The summed E-state index contributed by atoms with van der Waals surface area (Å²) in [5.41, 5.74) is 0.835. The van der Waals surface area contributed by atoms with Crippen LogP contribution in [0.1, 0.15) is 51.1 Å². The molecule has 21 heavy (non-hydrogen) atoms. The van der Waals surface area contributed by atoms with Gasteiger partial charge in [0.05, 0.1) is 5.92 Å². The first kappa shape index (κ1) is 15.9. The number of carbonyl (C=O) groups is 1. The van der Waals surface area contributed by atoms with Gasteiger partial charge in [0.2, 0.25) is 5.91 Å². The highest BCUT2D eigenvalue weighted by Crippen LogP contribution is 2.41. The minimum Gasteiger partial charge on any atom is -0.309 e. The van der Waals surface area contributed by atoms with Crippen molar-refractivity contribution < 1.29 is 18.0 Å². The van der Waals surface area contributed by atoms with Crippen LogP contribution >= 0.6 is 0 Å². The first-order valence-corrected chi connectivity index (χ1v) is 7.22. The third-order valence-corrected chi connectivity index (χ3v) is 3.99. The van der Waals surface area contributed by atoms with Gasteiger partial charge in [0.15, 0.2) is 5.82 Å². The van der Waals surface area contributed by atoms with Crippen LogP contribution in [0, 0.1) is 11.8 Å². The zero-order chi connectivity index (χ0) is 15.6. The number of hydrogen-bond donors (Lipinski definition) is 2. The zero-order valence-corrected chi connectivity index (χ0v) is 12.1. The second-order valence-corrected chi connectivity index (χ2v) is 5.89. The van der Waals surface area contributed by atoms with E-state index in [9.17, 15) is 18.0 Å². The second-order valence-electron chi connectivity index (χ2n) is 5.89. The molecule has 2 atom stereocenters. The number of alkyl halides is 3. The number of hydrogen-bond acceptors (Lipinski definition) is 2. The van der Waals surface area contributed by atoms with Gasteiger partial charge in [-0.3, -0.25) is 9.89 Å². The topological polar surface area (TPSA) is 57.8 Å². The van der Waals surface area contributed by atoms with E-state index < -0.39 is 23.9 Å². The molecule has 0 spiro atoms. The number of nitrogens with one attached hydrogen (secondary N) is 2. The van der Waals surface area contributed by atoms with E-state index >= 15 is 0 Å². The van der Waals surface area contributed by atoms with Crippen LogP contribution < -0.4 is 5.32 Å². The summed E-state index contributed by atoms with van der Waals surface area (Å²) in [6, 6.07) is 1.66. The first-order chi connectivity index (χ1) is 9.79. The Labute approximate surface area is 121 Å². The molecule has 1 aromatic rings. The number of amides is 1. The average molecular weight is 303 g/mol. The molecule has 1 heterocycles. The molecule has 0 bridgehead atoms. The van der Waals surface area contributed by atoms with Gasteiger partial charge in [-0.05, 0) is 18.8 Å². The Morgan fingerprint density at radius 2 is 2.05 bits per heavy atom. The molecule has 2 N–H and O–H groups in total. The predicted molar refractivity (Wildman–Crippen MR) is 72.8 cm³/mol. The molecule has 1 aromatic heterocycles. The van der Waals surface area contributed by atoms with Crippen LogP contribution in [0.3, 0.4) is 0 Å². The Balaban J connectivity index is 2.06. The van der Waals surface area contributed by atoms with Gasteiger partial charge in [-0.2, -0.15) is 18.3 Å². The van der Waals surface area contributed by atoms with E-state index in [0.717, 1.165) is 5.69 Å². The Kier molecular flexibility index (Phi) is 4.58. The monoisotopic (exact) mass is 303 g/mol. The predicted octanol–water partition coefficient (Wildman–Crippen LogP) is 3.84. The summed E-state index contributed by atoms with van der Waals surface area (Å²) in [5, 5.41) is 9.20. The largest absolute Gasteiger partial charge is 0.392 e. The quantitative estimate of drug-likeness (QED) is 0.891. The Morgan fingerprint density at radius 1 is 1.38 bits per heavy atom. The molecule has 0 radical (unpaired) electrons. The fraction of sp³-hybridized carbons (Fsp3) is 0.714. The highest BCUT2D eigenvalue weighted by Gasteiger charge is 2.48. The normalized spacial score (nSPS) is 23.3. The summed E-state index contributed by atoms with van der Waals surface area (Å²) >= 11 is 0. The highest BCUT2D eigenvalue weighted by atomic mass is 19.4. The molecule has 2 rings (SSSR count). The van der Waals surface area contributed by atoms with E-state index in [1.165, 1.54) is 0 Å². The van der Waals surface area contributed by atoms with E-state index in [4.69, 9.17) is 0 Å². The molecule has 0 aliphatic heterocycles. The molecule has 1 fully saturated rings. The van der Waals surface area contributed by atoms with Crippen LogP contribution in [0.4, 0.5) is 19.0 Å². The van der Waals surface area contributed by atoms with E-state index in [1.807, 2.05) is 13.8 Å². The maximum atomic E-state index is 13.0. The second kappa shape index (κ2) is 6.07. The van der Waals surface area contributed by atoms with Gasteiger partial charge in [0.1, 0.15) is 0 Å². The molecule has 1 saturated carbocycles. The van der Waals surface area contributed by atoms with Gasteiger partial charge in [-0.25, -0.2) is 0 Å². The first-order valence-electron chi connectivity index (χ1n) is 7.22. The summed E-state index contributed by atoms with van der Waals surface area (Å²) in [6.07, 6.45) is -2.84. The molecule has 1 amide bonds. The SMILES string of the molecule is CC(C)c1cc(NC(=O)C2CCCCC2C(F)(F)F)n[nH]1. The van der Waals surface area contributed by atoms with Gasteiger partial charge < -0.3 is 5.32 Å². The van der Waals surface area contributed by atoms with Crippen LogP contribution in [0.2, 0.25) is 0 Å². The van der Waals surface area contributed by atoms with Gasteiger partial charge in [-0.1, -0.05) is 26.7 Å². The van der Waals surface area contributed by atoms with E-state index in [-0.39, 0.29) is 24.6 Å². The summed E-state index contributed by atoms with van der Waals surface area (Å²) in [5.74, 6) is -2.65. The molecule has 0 aromatic carbocycles. The van der Waals surface area contributed by atoms with Crippen molar-refractivity contribution in [2.45, 2.75) is 51.6 Å². The van der Waals surface area contributed by atoms with Crippen molar-refractivity contribution in [3.05, 3.63) is 11.8 Å². The van der Waals surface area contributed by atoms with Gasteiger partial charge in [0.25, 0.3) is 0 Å². The molecule has 7 heteroatoms. The van der Waals surface area contributed by atoms with E-state index in [1.54, 1.807) is 6.07 Å². The maximum Gasteiger partial charge on any atom is 0.392 e. The Hall–Kier alpha value is -1.53. The van der Waals surface area contributed by atoms with Crippen molar-refractivity contribution in [2.75, 3.05) is 5.32 Å². The lowest BCUT2D eigenvalue weighted by Gasteiger charge is -2.31. The minimum absolute atomic E-state index is 0.0272. The van der Waals surface area contributed by atoms with Crippen LogP contribution in [0.25, 0.3) is 0 Å². The number of halogens is 3. The van der Waals surface area contributed by atoms with E-state index in [0.29, 0.717) is 12.8 Å². The average Bonchev–Trinajstić information content (AvgIpc) is 2.86. The molecular weight excluding hydrogens is 283 g/mol. The van der Waals surface area contributed by atoms with Crippen LogP contribution in [0.5, 0.6) is 0 Å². The number of H-pyrrole nitrogens is 1. The lowest BCUT2D eigenvalue weighted by molar-refractivity contribution is -0.197. The standard InChI is InChI=1S/C14H20F3N3O/c1-8(2)11-7-12(20-19-11)18-13(21)9-5-3-4-6-10(9)14(15,16)17/h7-10H,3-6H2,1-2H3,(H2,18,19,20,21). The summed E-state index contributed by atoms with van der Waals surface area (Å²) < 4.78 is 39.0. The summed E-state index contributed by atoms with van der Waals surface area (Å²) in [4.78, 5) is 12.1. The minimum atomic E-state index is -4.32. The Morgan fingerprint density at radius 3 is 2.62 bits per heavy atom. The molecule has 0 saturated heterocycles. The molecular formula is C14H20F3N3O. The third kappa shape index (κ3) is 3.77. The number of carbonyl (C=O) groups excluding carboxylic acids is 1. The summed E-state index contributed by atoms with van der Waals surface area (Å²) in [7, 11) is 0. The number of nitrogens with zero attached hydrogens (tertiary/aromatic N) is 1. The van der Waals surface area contributed by atoms with Crippen molar-refractivity contribution >= 4 is 11.7 Å². The Bertz CT molecular complexity index is 496. The van der Waals surface area contributed by atoms with Crippen LogP contribution in [0.15, 0.2) is 6.07 Å². The number of rotatable bonds is 3. The summed E-state index contributed by atoms with van der Waals surface area (Å²) in [6.45, 7) is 3.92. The number of anilines is 1. The molecule has 2 unspecified atom stereocenters. The molecule has 118 valence electrons. The zero-order valence-electron chi connectivity index (χ0n) is 12.1. The molecule has 4 nitrogen and oxygen atoms in total. The van der Waals surface area contributed by atoms with Crippen molar-refractivity contribution in [3.8, 4) is 0 Å². The number of aromatic nitrogens is 2. The van der Waals surface area contributed by atoms with Gasteiger partial charge in [0, 0.05) is 17.7 Å². The smallest absolute Gasteiger partial charge is 0.309 e.